The first-order chi connectivity index (χ1) is 9.88. The smallest absolute Gasteiger partial charge is 0.127 e. The Kier molecular flexibility index (Phi) is 4.03. The van der Waals surface area contributed by atoms with Crippen molar-refractivity contribution in [2.75, 3.05) is 6.61 Å². The lowest BCUT2D eigenvalue weighted by Gasteiger charge is -2.10. The molecule has 0 amide bonds. The van der Waals surface area contributed by atoms with E-state index in [4.69, 9.17) is 9.47 Å². The molecule has 2 unspecified atom stereocenters. The topological polar surface area (TPSA) is 21.8 Å². The Bertz CT molecular complexity index is 550. The minimum absolute atomic E-state index is 0.277. The van der Waals surface area contributed by atoms with Gasteiger partial charge >= 0.3 is 0 Å². The third kappa shape index (κ3) is 3.02. The predicted molar refractivity (Wildman–Crippen MR) is 80.9 cm³/mol. The summed E-state index contributed by atoms with van der Waals surface area (Å²) in [5, 5.41) is 0. The molecule has 0 radical (unpaired) electrons. The van der Waals surface area contributed by atoms with Gasteiger partial charge in [0.25, 0.3) is 0 Å². The highest BCUT2D eigenvalue weighted by molar-refractivity contribution is 5.70. The van der Waals surface area contributed by atoms with Crippen LogP contribution in [-0.4, -0.2) is 18.8 Å². The van der Waals surface area contributed by atoms with Crippen molar-refractivity contribution in [1.29, 1.82) is 0 Å². The molecular weight excluding hydrogens is 248 g/mol. The van der Waals surface area contributed by atoms with Crippen LogP contribution in [0.3, 0.4) is 0 Å². The van der Waals surface area contributed by atoms with E-state index in [0.29, 0.717) is 12.7 Å². The fourth-order valence-corrected chi connectivity index (χ4v) is 2.48. The number of para-hydroxylation sites is 1. The lowest BCUT2D eigenvalue weighted by molar-refractivity contribution is 0.260. The third-order valence-corrected chi connectivity index (χ3v) is 3.64. The highest BCUT2D eigenvalue weighted by Crippen LogP contribution is 2.32. The average molecular weight is 268 g/mol. The maximum absolute atomic E-state index is 5.97. The zero-order chi connectivity index (χ0) is 13.8. The molecule has 1 aliphatic heterocycles. The summed E-state index contributed by atoms with van der Waals surface area (Å²) < 4.78 is 11.6. The predicted octanol–water partition coefficient (Wildman–Crippen LogP) is 4.30. The van der Waals surface area contributed by atoms with Crippen LogP contribution in [0.1, 0.15) is 19.8 Å². The maximum Gasteiger partial charge on any atom is 0.127 e. The van der Waals surface area contributed by atoms with Crippen molar-refractivity contribution in [3.05, 3.63) is 54.6 Å². The molecule has 2 atom stereocenters. The molecule has 104 valence electrons. The molecule has 3 rings (SSSR count). The molecule has 0 N–H and O–H groups in total. The molecule has 1 aliphatic rings. The van der Waals surface area contributed by atoms with E-state index in [1.807, 2.05) is 36.4 Å². The lowest BCUT2D eigenvalue weighted by Crippen LogP contribution is -2.08. The standard InChI is InChI=1S/C18H20O2/c1-2-8-17-18(20-17)13-19-16-12-7-6-11-15(16)14-9-4-3-5-10-14/h3-7,9-12,17-18H,2,8,13H2,1H3. The van der Waals surface area contributed by atoms with E-state index < -0.39 is 0 Å². The fraction of sp³-hybridized carbons (Fsp3) is 0.333. The third-order valence-electron chi connectivity index (χ3n) is 3.64. The van der Waals surface area contributed by atoms with Crippen LogP contribution in [0.15, 0.2) is 54.6 Å². The molecule has 20 heavy (non-hydrogen) atoms. The largest absolute Gasteiger partial charge is 0.490 e. The first-order valence-corrected chi connectivity index (χ1v) is 7.31. The van der Waals surface area contributed by atoms with E-state index in [1.165, 1.54) is 12.0 Å². The first kappa shape index (κ1) is 13.2. The minimum atomic E-state index is 0.277. The van der Waals surface area contributed by atoms with Gasteiger partial charge in [0, 0.05) is 5.56 Å². The first-order valence-electron chi connectivity index (χ1n) is 7.31. The molecule has 0 aliphatic carbocycles. The summed E-state index contributed by atoms with van der Waals surface area (Å²) in [7, 11) is 0. The Hall–Kier alpha value is -1.80. The fourth-order valence-electron chi connectivity index (χ4n) is 2.48. The molecule has 2 heteroatoms. The van der Waals surface area contributed by atoms with Gasteiger partial charge in [-0.25, -0.2) is 0 Å². The summed E-state index contributed by atoms with van der Waals surface area (Å²) in [6.07, 6.45) is 2.98. The lowest BCUT2D eigenvalue weighted by atomic mass is 10.1. The van der Waals surface area contributed by atoms with E-state index >= 15 is 0 Å². The number of benzene rings is 2. The zero-order valence-electron chi connectivity index (χ0n) is 11.8. The molecule has 2 nitrogen and oxygen atoms in total. The SMILES string of the molecule is CCCC1OC1COc1ccccc1-c1ccccc1. The summed E-state index contributed by atoms with van der Waals surface area (Å²) in [5.74, 6) is 0.935. The van der Waals surface area contributed by atoms with Gasteiger partial charge in [0.1, 0.15) is 18.5 Å². The van der Waals surface area contributed by atoms with Crippen molar-refractivity contribution in [3.8, 4) is 16.9 Å². The van der Waals surface area contributed by atoms with Gasteiger partial charge in [-0.05, 0) is 18.1 Å². The number of hydrogen-bond donors (Lipinski definition) is 0. The minimum Gasteiger partial charge on any atom is -0.490 e. The van der Waals surface area contributed by atoms with Gasteiger partial charge in [0.15, 0.2) is 0 Å². The van der Waals surface area contributed by atoms with Crippen LogP contribution < -0.4 is 4.74 Å². The molecule has 0 spiro atoms. The quantitative estimate of drug-likeness (QED) is 0.729. The van der Waals surface area contributed by atoms with Gasteiger partial charge in [0.2, 0.25) is 0 Å². The van der Waals surface area contributed by atoms with Crippen molar-refractivity contribution in [2.45, 2.75) is 32.0 Å². The van der Waals surface area contributed by atoms with Gasteiger partial charge in [0.05, 0.1) is 6.10 Å². The number of hydrogen-bond acceptors (Lipinski definition) is 2. The highest BCUT2D eigenvalue weighted by Gasteiger charge is 2.38. The van der Waals surface area contributed by atoms with Crippen LogP contribution in [0.5, 0.6) is 5.75 Å². The van der Waals surface area contributed by atoms with Crippen LogP contribution in [0, 0.1) is 0 Å². The summed E-state index contributed by atoms with van der Waals surface area (Å²) in [6.45, 7) is 2.83. The Balaban J connectivity index is 1.68. The van der Waals surface area contributed by atoms with E-state index in [-0.39, 0.29) is 6.10 Å². The highest BCUT2D eigenvalue weighted by atomic mass is 16.6. The molecular formula is C18H20O2. The van der Waals surface area contributed by atoms with Crippen LogP contribution >= 0.6 is 0 Å². The maximum atomic E-state index is 5.97. The van der Waals surface area contributed by atoms with E-state index in [2.05, 4.69) is 25.1 Å². The monoisotopic (exact) mass is 268 g/mol. The molecule has 0 bridgehead atoms. The molecule has 2 aromatic rings. The Morgan fingerprint density at radius 1 is 0.950 bits per heavy atom. The van der Waals surface area contributed by atoms with Crippen molar-refractivity contribution in [3.63, 3.8) is 0 Å². The summed E-state index contributed by atoms with van der Waals surface area (Å²) >= 11 is 0. The van der Waals surface area contributed by atoms with Gasteiger partial charge in [-0.2, -0.15) is 0 Å². The Morgan fingerprint density at radius 3 is 2.50 bits per heavy atom. The molecule has 2 aromatic carbocycles. The Labute approximate surface area is 120 Å². The van der Waals surface area contributed by atoms with E-state index in [9.17, 15) is 0 Å². The summed E-state index contributed by atoms with van der Waals surface area (Å²) in [6, 6.07) is 18.5. The van der Waals surface area contributed by atoms with Crippen LogP contribution in [0.4, 0.5) is 0 Å². The average Bonchev–Trinajstić information content (AvgIpc) is 3.25. The van der Waals surface area contributed by atoms with Crippen LogP contribution in [-0.2, 0) is 4.74 Å². The number of ether oxygens (including phenoxy) is 2. The number of rotatable bonds is 6. The van der Waals surface area contributed by atoms with Crippen LogP contribution in [0.25, 0.3) is 11.1 Å². The zero-order valence-corrected chi connectivity index (χ0v) is 11.8. The Morgan fingerprint density at radius 2 is 1.70 bits per heavy atom. The second-order valence-electron chi connectivity index (χ2n) is 5.17. The van der Waals surface area contributed by atoms with Gasteiger partial charge in [-0.3, -0.25) is 0 Å². The molecule has 1 heterocycles. The summed E-state index contributed by atoms with van der Waals surface area (Å²) in [4.78, 5) is 0. The van der Waals surface area contributed by atoms with Crippen molar-refractivity contribution < 1.29 is 9.47 Å². The van der Waals surface area contributed by atoms with Crippen molar-refractivity contribution in [2.24, 2.45) is 0 Å². The second kappa shape index (κ2) is 6.10. The van der Waals surface area contributed by atoms with E-state index in [1.54, 1.807) is 0 Å². The van der Waals surface area contributed by atoms with Gasteiger partial charge in [-0.1, -0.05) is 61.9 Å². The number of epoxide rings is 1. The van der Waals surface area contributed by atoms with Gasteiger partial charge in [-0.15, -0.1) is 0 Å². The van der Waals surface area contributed by atoms with E-state index in [0.717, 1.165) is 17.7 Å². The molecule has 0 saturated carbocycles. The molecule has 1 saturated heterocycles. The van der Waals surface area contributed by atoms with Gasteiger partial charge < -0.3 is 9.47 Å². The van der Waals surface area contributed by atoms with Crippen LogP contribution in [0.2, 0.25) is 0 Å². The van der Waals surface area contributed by atoms with Crippen molar-refractivity contribution in [1.82, 2.24) is 0 Å². The second-order valence-corrected chi connectivity index (χ2v) is 5.17. The normalized spacial score (nSPS) is 20.6. The summed E-state index contributed by atoms with van der Waals surface area (Å²) in [5.41, 5.74) is 2.32. The molecule has 1 fully saturated rings. The van der Waals surface area contributed by atoms with Crippen molar-refractivity contribution >= 4 is 0 Å². The molecule has 0 aromatic heterocycles.